The van der Waals surface area contributed by atoms with E-state index in [9.17, 15) is 9.90 Å². The summed E-state index contributed by atoms with van der Waals surface area (Å²) < 4.78 is 5.54. The van der Waals surface area contributed by atoms with Crippen molar-refractivity contribution in [2.24, 2.45) is 23.2 Å². The molecule has 6 atom stereocenters. The van der Waals surface area contributed by atoms with Crippen molar-refractivity contribution in [3.63, 3.8) is 0 Å². The number of ether oxygens (including phenoxy) is 1. The summed E-state index contributed by atoms with van der Waals surface area (Å²) in [4.78, 5) is 11.8. The summed E-state index contributed by atoms with van der Waals surface area (Å²) in [7, 11) is 0. The summed E-state index contributed by atoms with van der Waals surface area (Å²) in [6, 6.07) is 0. The van der Waals surface area contributed by atoms with Crippen LogP contribution in [0.2, 0.25) is 0 Å². The van der Waals surface area contributed by atoms with Gasteiger partial charge in [0, 0.05) is 5.92 Å². The summed E-state index contributed by atoms with van der Waals surface area (Å²) in [6.07, 6.45) is 4.48. The largest absolute Gasteiger partial charge is 0.462 e. The lowest BCUT2D eigenvalue weighted by molar-refractivity contribution is -0.144. The molecule has 0 aromatic rings. The van der Waals surface area contributed by atoms with Crippen LogP contribution >= 0.6 is 0 Å². The van der Waals surface area contributed by atoms with E-state index in [2.05, 4.69) is 13.8 Å². The number of aliphatic hydroxyl groups is 1. The van der Waals surface area contributed by atoms with E-state index in [0.29, 0.717) is 5.92 Å². The standard InChI is InChI=1S/C15H22O3/c1-8-6-11(16)7-10-4-5-12-13(15(8,10)3)9(2)14(17)18-12/h7-9,11-13,16H,4-6H2,1-3H3/t8-,9-,11-,12-,13-,15+/m0/s1. The highest BCUT2D eigenvalue weighted by Crippen LogP contribution is 2.58. The molecule has 1 aliphatic heterocycles. The fourth-order valence-electron chi connectivity index (χ4n) is 4.54. The van der Waals surface area contributed by atoms with Gasteiger partial charge in [-0.25, -0.2) is 0 Å². The highest BCUT2D eigenvalue weighted by atomic mass is 16.6. The number of hydrogen-bond donors (Lipinski definition) is 1. The first-order chi connectivity index (χ1) is 8.44. The van der Waals surface area contributed by atoms with Crippen LogP contribution < -0.4 is 0 Å². The molecule has 18 heavy (non-hydrogen) atoms. The van der Waals surface area contributed by atoms with Crippen LogP contribution in [0.25, 0.3) is 0 Å². The number of allylic oxidation sites excluding steroid dienone is 1. The number of carbonyl (C=O) groups excluding carboxylic acids is 1. The monoisotopic (exact) mass is 250 g/mol. The molecule has 3 nitrogen and oxygen atoms in total. The molecule has 3 rings (SSSR count). The van der Waals surface area contributed by atoms with Crippen molar-refractivity contribution in [2.75, 3.05) is 0 Å². The molecule has 0 radical (unpaired) electrons. The topological polar surface area (TPSA) is 46.5 Å². The Hall–Kier alpha value is -0.830. The molecule has 1 saturated heterocycles. The van der Waals surface area contributed by atoms with Crippen molar-refractivity contribution in [3.8, 4) is 0 Å². The molecular weight excluding hydrogens is 228 g/mol. The van der Waals surface area contributed by atoms with Gasteiger partial charge in [0.15, 0.2) is 0 Å². The van der Waals surface area contributed by atoms with E-state index in [-0.39, 0.29) is 35.4 Å². The van der Waals surface area contributed by atoms with Gasteiger partial charge in [0.1, 0.15) is 6.10 Å². The molecule has 0 unspecified atom stereocenters. The third-order valence-corrected chi connectivity index (χ3v) is 5.67. The summed E-state index contributed by atoms with van der Waals surface area (Å²) in [5.41, 5.74) is 1.37. The zero-order chi connectivity index (χ0) is 13.1. The minimum absolute atomic E-state index is 0.0126. The van der Waals surface area contributed by atoms with E-state index in [4.69, 9.17) is 4.74 Å². The van der Waals surface area contributed by atoms with Gasteiger partial charge in [-0.15, -0.1) is 0 Å². The molecule has 0 aromatic heterocycles. The number of fused-ring (bicyclic) bond motifs is 3. The van der Waals surface area contributed by atoms with Gasteiger partial charge in [-0.1, -0.05) is 32.4 Å². The Balaban J connectivity index is 2.05. The molecule has 1 saturated carbocycles. The predicted octanol–water partition coefficient (Wildman–Crippen LogP) is 2.29. The Kier molecular flexibility index (Phi) is 2.60. The van der Waals surface area contributed by atoms with Gasteiger partial charge in [0.2, 0.25) is 0 Å². The highest BCUT2D eigenvalue weighted by molar-refractivity contribution is 5.75. The third-order valence-electron chi connectivity index (χ3n) is 5.67. The highest BCUT2D eigenvalue weighted by Gasteiger charge is 2.58. The first-order valence-corrected chi connectivity index (χ1v) is 7.04. The number of esters is 1. The minimum atomic E-state index is -0.312. The molecule has 3 aliphatic rings. The van der Waals surface area contributed by atoms with E-state index in [1.165, 1.54) is 5.57 Å². The number of aliphatic hydroxyl groups excluding tert-OH is 1. The fraction of sp³-hybridized carbons (Fsp3) is 0.800. The van der Waals surface area contributed by atoms with Crippen LogP contribution in [0.15, 0.2) is 11.6 Å². The molecule has 0 amide bonds. The van der Waals surface area contributed by atoms with Crippen LogP contribution in [0, 0.1) is 23.2 Å². The SMILES string of the molecule is C[C@@H]1C(=O)O[C@H]2CCC3=C[C@@H](O)C[C@H](C)[C@@]3(C)[C@H]21. The predicted molar refractivity (Wildman–Crippen MR) is 67.7 cm³/mol. The molecular formula is C15H22O3. The maximum Gasteiger partial charge on any atom is 0.309 e. The molecule has 0 spiro atoms. The summed E-state index contributed by atoms with van der Waals surface area (Å²) >= 11 is 0. The first-order valence-electron chi connectivity index (χ1n) is 7.04. The maximum atomic E-state index is 11.8. The first kappa shape index (κ1) is 12.2. The second-order valence-corrected chi connectivity index (χ2v) is 6.51. The molecule has 2 fully saturated rings. The van der Waals surface area contributed by atoms with Crippen LogP contribution in [0.1, 0.15) is 40.0 Å². The Morgan fingerprint density at radius 1 is 1.44 bits per heavy atom. The van der Waals surface area contributed by atoms with Crippen LogP contribution in [-0.2, 0) is 9.53 Å². The molecule has 2 aliphatic carbocycles. The molecule has 1 N–H and O–H groups in total. The van der Waals surface area contributed by atoms with Gasteiger partial charge in [-0.2, -0.15) is 0 Å². The van der Waals surface area contributed by atoms with Crippen LogP contribution in [0.4, 0.5) is 0 Å². The zero-order valence-electron chi connectivity index (χ0n) is 11.3. The van der Waals surface area contributed by atoms with E-state index in [0.717, 1.165) is 19.3 Å². The lowest BCUT2D eigenvalue weighted by Crippen LogP contribution is -2.48. The van der Waals surface area contributed by atoms with Crippen molar-refractivity contribution in [2.45, 2.75) is 52.2 Å². The van der Waals surface area contributed by atoms with Gasteiger partial charge in [0.05, 0.1) is 12.0 Å². The minimum Gasteiger partial charge on any atom is -0.462 e. The lowest BCUT2D eigenvalue weighted by atomic mass is 9.52. The second-order valence-electron chi connectivity index (χ2n) is 6.51. The zero-order valence-corrected chi connectivity index (χ0v) is 11.3. The lowest BCUT2D eigenvalue weighted by Gasteiger charge is -2.51. The van der Waals surface area contributed by atoms with Crippen molar-refractivity contribution < 1.29 is 14.6 Å². The normalized spacial score (nSPS) is 51.2. The maximum absolute atomic E-state index is 11.8. The summed E-state index contributed by atoms with van der Waals surface area (Å²) in [6.45, 7) is 6.47. The number of hydrogen-bond acceptors (Lipinski definition) is 3. The Morgan fingerprint density at radius 3 is 2.89 bits per heavy atom. The molecule has 100 valence electrons. The van der Waals surface area contributed by atoms with Gasteiger partial charge >= 0.3 is 5.97 Å². The van der Waals surface area contributed by atoms with E-state index < -0.39 is 0 Å². The van der Waals surface area contributed by atoms with Crippen LogP contribution in [-0.4, -0.2) is 23.3 Å². The van der Waals surface area contributed by atoms with E-state index in [1.807, 2.05) is 13.0 Å². The molecule has 0 bridgehead atoms. The molecule has 3 heteroatoms. The van der Waals surface area contributed by atoms with Crippen molar-refractivity contribution in [1.82, 2.24) is 0 Å². The summed E-state index contributed by atoms with van der Waals surface area (Å²) in [5, 5.41) is 9.92. The van der Waals surface area contributed by atoms with E-state index in [1.54, 1.807) is 0 Å². The van der Waals surface area contributed by atoms with Crippen LogP contribution in [0.5, 0.6) is 0 Å². The third kappa shape index (κ3) is 1.43. The smallest absolute Gasteiger partial charge is 0.309 e. The van der Waals surface area contributed by atoms with Crippen molar-refractivity contribution >= 4 is 5.97 Å². The Bertz CT molecular complexity index is 414. The van der Waals surface area contributed by atoms with Gasteiger partial charge < -0.3 is 9.84 Å². The van der Waals surface area contributed by atoms with Crippen molar-refractivity contribution in [1.29, 1.82) is 0 Å². The number of carbonyl (C=O) groups is 1. The van der Waals surface area contributed by atoms with Gasteiger partial charge in [-0.05, 0) is 30.6 Å². The second kappa shape index (κ2) is 3.83. The summed E-state index contributed by atoms with van der Waals surface area (Å²) in [5.74, 6) is 0.636. The molecule has 0 aromatic carbocycles. The van der Waals surface area contributed by atoms with E-state index >= 15 is 0 Å². The van der Waals surface area contributed by atoms with Gasteiger partial charge in [-0.3, -0.25) is 4.79 Å². The Morgan fingerprint density at radius 2 is 2.17 bits per heavy atom. The average molecular weight is 250 g/mol. The van der Waals surface area contributed by atoms with Crippen molar-refractivity contribution in [3.05, 3.63) is 11.6 Å². The fourth-order valence-corrected chi connectivity index (χ4v) is 4.54. The number of rotatable bonds is 0. The van der Waals surface area contributed by atoms with Crippen LogP contribution in [0.3, 0.4) is 0 Å². The van der Waals surface area contributed by atoms with Gasteiger partial charge in [0.25, 0.3) is 0 Å². The quantitative estimate of drug-likeness (QED) is 0.530. The average Bonchev–Trinajstić information content (AvgIpc) is 2.58. The Labute approximate surface area is 108 Å². The molecule has 1 heterocycles.